The van der Waals surface area contributed by atoms with Crippen molar-refractivity contribution in [2.24, 2.45) is 0 Å². The first-order valence-corrected chi connectivity index (χ1v) is 9.73. The lowest BCUT2D eigenvalue weighted by atomic mass is 10.1. The number of nitrogens with zero attached hydrogens (tertiary/aromatic N) is 2. The highest BCUT2D eigenvalue weighted by Gasteiger charge is 2.16. The number of carbonyl (C=O) groups is 1. The minimum atomic E-state index is -0.467. The van der Waals surface area contributed by atoms with Crippen LogP contribution in [0.15, 0.2) is 41.2 Å². The Bertz CT molecular complexity index is 1140. The van der Waals surface area contributed by atoms with Crippen LogP contribution in [0.5, 0.6) is 17.2 Å². The lowest BCUT2D eigenvalue weighted by Gasteiger charge is -2.13. The lowest BCUT2D eigenvalue weighted by Crippen LogP contribution is -2.25. The highest BCUT2D eigenvalue weighted by molar-refractivity contribution is 5.76. The van der Waals surface area contributed by atoms with Crippen LogP contribution in [0.4, 0.5) is 4.39 Å². The molecule has 0 saturated heterocycles. The number of methoxy groups -OCH3 is 3. The van der Waals surface area contributed by atoms with Crippen molar-refractivity contribution in [3.05, 3.63) is 63.8 Å². The van der Waals surface area contributed by atoms with E-state index in [0.717, 1.165) is 0 Å². The number of aryl methyl sites for hydroxylation is 1. The summed E-state index contributed by atoms with van der Waals surface area (Å²) in [4.78, 5) is 27.2. The van der Waals surface area contributed by atoms with E-state index in [1.54, 1.807) is 30.3 Å². The van der Waals surface area contributed by atoms with Gasteiger partial charge in [-0.1, -0.05) is 18.2 Å². The van der Waals surface area contributed by atoms with E-state index in [0.29, 0.717) is 28.4 Å². The number of benzene rings is 2. The first kappa shape index (κ1) is 22.7. The van der Waals surface area contributed by atoms with Crippen LogP contribution in [0.1, 0.15) is 17.7 Å². The highest BCUT2D eigenvalue weighted by atomic mass is 19.1. The van der Waals surface area contributed by atoms with E-state index in [2.05, 4.69) is 20.5 Å². The molecule has 168 valence electrons. The minimum absolute atomic E-state index is 0.00966. The standard InChI is InChI=1S/C22H23FN4O5/c1-30-17-10-14(11-18(31-2)20(17)32-3)21-25-22(29)16(26-27-21)8-9-19(28)24-12-13-6-4-5-7-15(13)23/h4-7,10-11H,8-9,12H2,1-3H3,(H,24,28)(H,25,27,29). The summed E-state index contributed by atoms with van der Waals surface area (Å²) >= 11 is 0. The Labute approximate surface area is 183 Å². The molecule has 0 fully saturated rings. The molecule has 0 aliphatic rings. The number of halogens is 1. The molecular weight excluding hydrogens is 419 g/mol. The van der Waals surface area contributed by atoms with Crippen molar-refractivity contribution < 1.29 is 23.4 Å². The number of carbonyl (C=O) groups excluding carboxylic acids is 1. The Morgan fingerprint density at radius 3 is 2.34 bits per heavy atom. The number of nitrogens with one attached hydrogen (secondary N) is 2. The molecule has 1 aromatic heterocycles. The zero-order chi connectivity index (χ0) is 23.1. The van der Waals surface area contributed by atoms with Crippen molar-refractivity contribution >= 4 is 5.91 Å². The van der Waals surface area contributed by atoms with E-state index < -0.39 is 11.4 Å². The number of amides is 1. The molecule has 1 amide bonds. The summed E-state index contributed by atoms with van der Waals surface area (Å²) in [5, 5.41) is 10.7. The summed E-state index contributed by atoms with van der Waals surface area (Å²) < 4.78 is 29.5. The van der Waals surface area contributed by atoms with Crippen LogP contribution < -0.4 is 25.1 Å². The normalized spacial score (nSPS) is 10.5. The van der Waals surface area contributed by atoms with Crippen LogP contribution in [-0.2, 0) is 17.8 Å². The number of aromatic amines is 1. The summed E-state index contributed by atoms with van der Waals surface area (Å²) in [6.45, 7) is 0.0631. The maximum Gasteiger partial charge on any atom is 0.273 e. The minimum Gasteiger partial charge on any atom is -0.493 e. The van der Waals surface area contributed by atoms with Crippen LogP contribution in [0.2, 0.25) is 0 Å². The molecule has 9 nitrogen and oxygen atoms in total. The van der Waals surface area contributed by atoms with Gasteiger partial charge in [0.15, 0.2) is 17.3 Å². The zero-order valence-corrected chi connectivity index (χ0v) is 17.9. The number of H-pyrrole nitrogens is 1. The largest absolute Gasteiger partial charge is 0.493 e. The van der Waals surface area contributed by atoms with E-state index >= 15 is 0 Å². The van der Waals surface area contributed by atoms with Gasteiger partial charge in [0.25, 0.3) is 5.56 Å². The summed E-state index contributed by atoms with van der Waals surface area (Å²) in [7, 11) is 4.45. The van der Waals surface area contributed by atoms with Gasteiger partial charge in [-0.15, -0.1) is 10.2 Å². The molecule has 0 spiro atoms. The second kappa shape index (κ2) is 10.4. The van der Waals surface area contributed by atoms with Gasteiger partial charge in [-0.2, -0.15) is 0 Å². The molecule has 10 heteroatoms. The second-order valence-corrected chi connectivity index (χ2v) is 6.73. The fourth-order valence-corrected chi connectivity index (χ4v) is 3.03. The summed E-state index contributed by atoms with van der Waals surface area (Å²) in [5.41, 5.74) is 0.541. The molecule has 0 unspecified atom stereocenters. The number of hydrogen-bond donors (Lipinski definition) is 2. The molecular formula is C22H23FN4O5. The fourth-order valence-electron chi connectivity index (χ4n) is 3.03. The van der Waals surface area contributed by atoms with Gasteiger partial charge >= 0.3 is 0 Å². The van der Waals surface area contributed by atoms with Crippen LogP contribution in [-0.4, -0.2) is 42.4 Å². The molecule has 0 radical (unpaired) electrons. The third-order valence-corrected chi connectivity index (χ3v) is 4.73. The monoisotopic (exact) mass is 442 g/mol. The van der Waals surface area contributed by atoms with E-state index in [-0.39, 0.29) is 36.8 Å². The average molecular weight is 442 g/mol. The Kier molecular flexibility index (Phi) is 7.37. The molecule has 3 aromatic rings. The molecule has 0 aliphatic carbocycles. The van der Waals surface area contributed by atoms with E-state index in [9.17, 15) is 14.0 Å². The van der Waals surface area contributed by atoms with Gasteiger partial charge in [-0.05, 0) is 18.2 Å². The Morgan fingerprint density at radius 1 is 1.06 bits per heavy atom. The number of hydrogen-bond acceptors (Lipinski definition) is 7. The quantitative estimate of drug-likeness (QED) is 0.522. The first-order chi connectivity index (χ1) is 15.5. The zero-order valence-electron chi connectivity index (χ0n) is 17.9. The van der Waals surface area contributed by atoms with Gasteiger partial charge in [0.2, 0.25) is 11.7 Å². The van der Waals surface area contributed by atoms with E-state index in [1.165, 1.54) is 27.4 Å². The third kappa shape index (κ3) is 5.20. The number of rotatable bonds is 9. The maximum atomic E-state index is 13.6. The van der Waals surface area contributed by atoms with Crippen LogP contribution >= 0.6 is 0 Å². The molecule has 0 aliphatic heterocycles. The summed E-state index contributed by atoms with van der Waals surface area (Å²) in [5.74, 6) is 0.704. The van der Waals surface area contributed by atoms with Gasteiger partial charge in [0, 0.05) is 30.5 Å². The van der Waals surface area contributed by atoms with Crippen molar-refractivity contribution in [1.82, 2.24) is 20.5 Å². The molecule has 3 rings (SSSR count). The van der Waals surface area contributed by atoms with Crippen molar-refractivity contribution in [1.29, 1.82) is 0 Å². The summed E-state index contributed by atoms with van der Waals surface area (Å²) in [6, 6.07) is 9.46. The van der Waals surface area contributed by atoms with Crippen LogP contribution in [0.25, 0.3) is 11.4 Å². The van der Waals surface area contributed by atoms with Crippen molar-refractivity contribution in [2.45, 2.75) is 19.4 Å². The molecule has 2 N–H and O–H groups in total. The van der Waals surface area contributed by atoms with Gasteiger partial charge in [0.1, 0.15) is 11.5 Å². The first-order valence-electron chi connectivity index (χ1n) is 9.73. The van der Waals surface area contributed by atoms with Crippen molar-refractivity contribution in [3.63, 3.8) is 0 Å². The number of aromatic nitrogens is 3. The Hall–Kier alpha value is -3.95. The average Bonchev–Trinajstić information content (AvgIpc) is 2.81. The van der Waals surface area contributed by atoms with Gasteiger partial charge in [-0.25, -0.2) is 4.39 Å². The molecule has 32 heavy (non-hydrogen) atoms. The Balaban J connectivity index is 1.68. The van der Waals surface area contributed by atoms with Crippen molar-refractivity contribution in [3.8, 4) is 28.6 Å². The second-order valence-electron chi connectivity index (χ2n) is 6.73. The topological polar surface area (TPSA) is 115 Å². The summed E-state index contributed by atoms with van der Waals surface area (Å²) in [6.07, 6.45) is 0.0940. The Morgan fingerprint density at radius 2 is 1.75 bits per heavy atom. The van der Waals surface area contributed by atoms with E-state index in [4.69, 9.17) is 14.2 Å². The van der Waals surface area contributed by atoms with Gasteiger partial charge in [-0.3, -0.25) is 9.59 Å². The smallest absolute Gasteiger partial charge is 0.273 e. The van der Waals surface area contributed by atoms with Crippen LogP contribution in [0.3, 0.4) is 0 Å². The molecule has 2 aromatic carbocycles. The van der Waals surface area contributed by atoms with Crippen LogP contribution in [0, 0.1) is 5.82 Å². The van der Waals surface area contributed by atoms with Gasteiger partial charge < -0.3 is 24.5 Å². The fraction of sp³-hybridized carbons (Fsp3) is 0.273. The van der Waals surface area contributed by atoms with Crippen molar-refractivity contribution in [2.75, 3.05) is 21.3 Å². The predicted octanol–water partition coefficient (Wildman–Crippen LogP) is 2.25. The van der Waals surface area contributed by atoms with Gasteiger partial charge in [0.05, 0.1) is 21.3 Å². The molecule has 0 atom stereocenters. The van der Waals surface area contributed by atoms with E-state index in [1.807, 2.05) is 0 Å². The SMILES string of the molecule is COc1cc(-c2nnc(CCC(=O)NCc3ccccc3F)c(=O)[nH]2)cc(OC)c1OC. The maximum absolute atomic E-state index is 13.6. The molecule has 0 saturated carbocycles. The highest BCUT2D eigenvalue weighted by Crippen LogP contribution is 2.40. The lowest BCUT2D eigenvalue weighted by molar-refractivity contribution is -0.121. The third-order valence-electron chi connectivity index (χ3n) is 4.73. The predicted molar refractivity (Wildman–Crippen MR) is 114 cm³/mol. The molecule has 0 bridgehead atoms. The molecule has 1 heterocycles. The number of ether oxygens (including phenoxy) is 3.